The van der Waals surface area contributed by atoms with Gasteiger partial charge in [-0.15, -0.1) is 0 Å². The molecule has 2 rings (SSSR count). The van der Waals surface area contributed by atoms with Gasteiger partial charge in [0.2, 0.25) is 0 Å². The average Bonchev–Trinajstić information content (AvgIpc) is 2.65. The molecule has 0 radical (unpaired) electrons. The lowest BCUT2D eigenvalue weighted by Crippen LogP contribution is -2.07. The highest BCUT2D eigenvalue weighted by atomic mass is 16.3. The number of aromatic hydroxyl groups is 1. The van der Waals surface area contributed by atoms with Crippen molar-refractivity contribution in [3.05, 3.63) is 30.0 Å². The fourth-order valence-electron chi connectivity index (χ4n) is 2.13. The fourth-order valence-corrected chi connectivity index (χ4v) is 2.13. The Hall–Kier alpha value is -1.48. The van der Waals surface area contributed by atoms with E-state index in [1.165, 1.54) is 0 Å². The summed E-state index contributed by atoms with van der Waals surface area (Å²) in [5.41, 5.74) is 2.22. The number of aliphatic hydroxyl groups is 1. The summed E-state index contributed by atoms with van der Waals surface area (Å²) in [5, 5.41) is 19.7. The van der Waals surface area contributed by atoms with Crippen molar-refractivity contribution in [2.75, 3.05) is 6.61 Å². The van der Waals surface area contributed by atoms with Crippen LogP contribution in [0.15, 0.2) is 24.3 Å². The molecule has 2 N–H and O–H groups in total. The Labute approximate surface area is 94.9 Å². The first kappa shape index (κ1) is 11.0. The van der Waals surface area contributed by atoms with Crippen LogP contribution < -0.4 is 0 Å². The molecule has 0 spiro atoms. The number of aliphatic hydroxyl groups excluding tert-OH is 1. The van der Waals surface area contributed by atoms with Crippen molar-refractivity contribution in [3.8, 4) is 5.75 Å². The normalized spacial score (nSPS) is 13.2. The average molecular weight is 219 g/mol. The second kappa shape index (κ2) is 4.18. The molecular weight excluding hydrogens is 202 g/mol. The summed E-state index contributed by atoms with van der Waals surface area (Å²) in [6.07, 6.45) is 0. The molecule has 0 fully saturated rings. The molecule has 0 aliphatic rings. The van der Waals surface area contributed by atoms with E-state index in [-0.39, 0.29) is 18.3 Å². The van der Waals surface area contributed by atoms with Gasteiger partial charge >= 0.3 is 0 Å². The Morgan fingerprint density at radius 1 is 1.31 bits per heavy atom. The smallest absolute Gasteiger partial charge is 0.116 e. The van der Waals surface area contributed by atoms with Gasteiger partial charge in [0.05, 0.1) is 6.61 Å². The van der Waals surface area contributed by atoms with E-state index in [1.54, 1.807) is 12.1 Å². The van der Waals surface area contributed by atoms with Crippen molar-refractivity contribution in [2.45, 2.75) is 26.3 Å². The molecule has 1 atom stereocenters. The van der Waals surface area contributed by atoms with Crippen molar-refractivity contribution in [1.82, 2.24) is 4.57 Å². The summed E-state index contributed by atoms with van der Waals surface area (Å²) in [6, 6.07) is 7.41. The van der Waals surface area contributed by atoms with E-state index in [1.807, 2.05) is 19.1 Å². The summed E-state index contributed by atoms with van der Waals surface area (Å²) in [5.74, 6) is 0.401. The van der Waals surface area contributed by atoms with Crippen molar-refractivity contribution in [3.63, 3.8) is 0 Å². The van der Waals surface area contributed by atoms with E-state index in [2.05, 4.69) is 11.5 Å². The molecule has 0 aliphatic heterocycles. The van der Waals surface area contributed by atoms with Crippen molar-refractivity contribution in [1.29, 1.82) is 0 Å². The van der Waals surface area contributed by atoms with Gasteiger partial charge in [-0.25, -0.2) is 0 Å². The number of hydrogen-bond acceptors (Lipinski definition) is 2. The van der Waals surface area contributed by atoms with Gasteiger partial charge in [0, 0.05) is 29.1 Å². The van der Waals surface area contributed by atoms with Crippen LogP contribution in [0.2, 0.25) is 0 Å². The van der Waals surface area contributed by atoms with E-state index >= 15 is 0 Å². The molecule has 1 aromatic carbocycles. The van der Waals surface area contributed by atoms with Crippen LogP contribution >= 0.6 is 0 Å². The number of aryl methyl sites for hydroxylation is 1. The van der Waals surface area contributed by atoms with Crippen LogP contribution in [0.5, 0.6) is 5.75 Å². The third-order valence-corrected chi connectivity index (χ3v) is 3.01. The minimum atomic E-state index is 0.120. The molecule has 0 saturated heterocycles. The first-order valence-electron chi connectivity index (χ1n) is 5.60. The maximum Gasteiger partial charge on any atom is 0.116 e. The highest BCUT2D eigenvalue weighted by molar-refractivity contribution is 5.83. The number of phenols is 1. The third-order valence-electron chi connectivity index (χ3n) is 3.01. The molecule has 1 unspecified atom stereocenters. The van der Waals surface area contributed by atoms with Crippen LogP contribution in [-0.4, -0.2) is 21.4 Å². The zero-order valence-corrected chi connectivity index (χ0v) is 9.64. The Kier molecular flexibility index (Phi) is 2.88. The van der Waals surface area contributed by atoms with E-state index < -0.39 is 0 Å². The zero-order valence-electron chi connectivity index (χ0n) is 9.64. The number of benzene rings is 1. The highest BCUT2D eigenvalue weighted by Gasteiger charge is 2.13. The maximum absolute atomic E-state index is 9.44. The minimum Gasteiger partial charge on any atom is -0.508 e. The second-order valence-electron chi connectivity index (χ2n) is 4.14. The zero-order chi connectivity index (χ0) is 11.7. The van der Waals surface area contributed by atoms with Crippen LogP contribution in [0, 0.1) is 0 Å². The van der Waals surface area contributed by atoms with Crippen LogP contribution in [0.4, 0.5) is 0 Å². The summed E-state index contributed by atoms with van der Waals surface area (Å²) in [4.78, 5) is 0. The van der Waals surface area contributed by atoms with Gasteiger partial charge < -0.3 is 14.8 Å². The number of nitrogens with zero attached hydrogens (tertiary/aromatic N) is 1. The quantitative estimate of drug-likeness (QED) is 0.833. The first-order valence-corrected chi connectivity index (χ1v) is 5.60. The fraction of sp³-hybridized carbons (Fsp3) is 0.385. The summed E-state index contributed by atoms with van der Waals surface area (Å²) >= 11 is 0. The van der Waals surface area contributed by atoms with Crippen LogP contribution in [0.1, 0.15) is 25.5 Å². The van der Waals surface area contributed by atoms with Gasteiger partial charge in [0.1, 0.15) is 5.75 Å². The van der Waals surface area contributed by atoms with Crippen molar-refractivity contribution >= 4 is 10.9 Å². The van der Waals surface area contributed by atoms with Crippen molar-refractivity contribution in [2.24, 2.45) is 0 Å². The Morgan fingerprint density at radius 3 is 2.69 bits per heavy atom. The second-order valence-corrected chi connectivity index (χ2v) is 4.14. The van der Waals surface area contributed by atoms with Gasteiger partial charge in [-0.3, -0.25) is 0 Å². The molecule has 1 heterocycles. The molecule has 3 heteroatoms. The molecule has 2 aromatic rings. The first-order chi connectivity index (χ1) is 7.67. The summed E-state index contributed by atoms with van der Waals surface area (Å²) < 4.78 is 2.18. The van der Waals surface area contributed by atoms with Gasteiger partial charge in [0.25, 0.3) is 0 Å². The number of hydrogen-bond donors (Lipinski definition) is 2. The Balaban J connectivity index is 2.65. The van der Waals surface area contributed by atoms with Gasteiger partial charge in [-0.05, 0) is 31.2 Å². The van der Waals surface area contributed by atoms with Gasteiger partial charge in [-0.1, -0.05) is 6.92 Å². The molecule has 86 valence electrons. The number of fused-ring (bicyclic) bond motifs is 1. The van der Waals surface area contributed by atoms with Crippen LogP contribution in [0.25, 0.3) is 10.9 Å². The van der Waals surface area contributed by atoms with E-state index in [0.717, 1.165) is 23.1 Å². The van der Waals surface area contributed by atoms with E-state index in [9.17, 15) is 10.2 Å². The molecule has 0 amide bonds. The lowest BCUT2D eigenvalue weighted by Gasteiger charge is -2.12. The molecule has 0 aliphatic carbocycles. The number of phenolic OH excluding ortho intramolecular Hbond substituents is 1. The van der Waals surface area contributed by atoms with Gasteiger partial charge in [-0.2, -0.15) is 0 Å². The molecule has 0 saturated carbocycles. The molecule has 1 aromatic heterocycles. The standard InChI is InChI=1S/C13H17NO2/c1-3-14-12-5-4-11(16)6-10(12)7-13(14)9(2)8-15/h4-7,9,15-16H,3,8H2,1-2H3. The van der Waals surface area contributed by atoms with Crippen molar-refractivity contribution < 1.29 is 10.2 Å². The Morgan fingerprint density at radius 2 is 2.06 bits per heavy atom. The van der Waals surface area contributed by atoms with Gasteiger partial charge in [0.15, 0.2) is 0 Å². The predicted molar refractivity (Wildman–Crippen MR) is 64.8 cm³/mol. The van der Waals surface area contributed by atoms with Crippen LogP contribution in [0.3, 0.4) is 0 Å². The van der Waals surface area contributed by atoms with E-state index in [0.29, 0.717) is 0 Å². The molecular formula is C13H17NO2. The lowest BCUT2D eigenvalue weighted by atomic mass is 10.1. The minimum absolute atomic E-state index is 0.120. The topological polar surface area (TPSA) is 45.4 Å². The molecule has 0 bridgehead atoms. The summed E-state index contributed by atoms with van der Waals surface area (Å²) in [7, 11) is 0. The van der Waals surface area contributed by atoms with Crippen LogP contribution in [-0.2, 0) is 6.54 Å². The monoisotopic (exact) mass is 219 g/mol. The Bertz CT molecular complexity index is 502. The SMILES string of the molecule is CCn1c(C(C)CO)cc2cc(O)ccc21. The molecule has 16 heavy (non-hydrogen) atoms. The highest BCUT2D eigenvalue weighted by Crippen LogP contribution is 2.27. The third kappa shape index (κ3) is 1.67. The lowest BCUT2D eigenvalue weighted by molar-refractivity contribution is 0.269. The number of rotatable bonds is 3. The predicted octanol–water partition coefficient (Wildman–Crippen LogP) is 2.46. The largest absolute Gasteiger partial charge is 0.508 e. The summed E-state index contributed by atoms with van der Waals surface area (Å²) in [6.45, 7) is 5.09. The van der Waals surface area contributed by atoms with E-state index in [4.69, 9.17) is 0 Å². The maximum atomic E-state index is 9.44. The molecule has 3 nitrogen and oxygen atoms in total. The number of aromatic nitrogens is 1.